The number of nitrogens with zero attached hydrogens (tertiary/aromatic N) is 1. The monoisotopic (exact) mass is 274 g/mol. The predicted octanol–water partition coefficient (Wildman–Crippen LogP) is 5.02. The van der Waals surface area contributed by atoms with E-state index < -0.39 is 0 Å². The van der Waals surface area contributed by atoms with Crippen LogP contribution < -0.4 is 5.32 Å². The summed E-state index contributed by atoms with van der Waals surface area (Å²) in [6, 6.07) is 8.56. The molecule has 1 saturated carbocycles. The zero-order valence-corrected chi connectivity index (χ0v) is 11.8. The molecule has 1 heterocycles. The molecule has 0 atom stereocenters. The Morgan fingerprint density at radius 1 is 1.05 bits per heavy atom. The number of hydrogen-bond donors (Lipinski definition) is 1. The van der Waals surface area contributed by atoms with Crippen LogP contribution in [-0.2, 0) is 0 Å². The zero-order valence-electron chi connectivity index (χ0n) is 11.0. The van der Waals surface area contributed by atoms with Gasteiger partial charge in [-0.1, -0.05) is 37.3 Å². The largest absolute Gasteiger partial charge is 0.381 e. The van der Waals surface area contributed by atoms with Crippen molar-refractivity contribution in [2.24, 2.45) is 0 Å². The lowest BCUT2D eigenvalue weighted by molar-refractivity contribution is 0.620. The van der Waals surface area contributed by atoms with E-state index in [1.807, 2.05) is 24.4 Å². The first-order valence-electron chi connectivity index (χ1n) is 7.14. The first kappa shape index (κ1) is 12.7. The molecule has 1 fully saturated rings. The Labute approximate surface area is 119 Å². The Morgan fingerprint density at radius 3 is 2.63 bits per heavy atom. The quantitative estimate of drug-likeness (QED) is 0.778. The molecular formula is C16H19ClN2. The lowest BCUT2D eigenvalue weighted by Crippen LogP contribution is -2.18. The molecule has 1 aliphatic carbocycles. The van der Waals surface area contributed by atoms with E-state index in [1.165, 1.54) is 38.5 Å². The van der Waals surface area contributed by atoms with E-state index in [0.717, 1.165) is 21.6 Å². The normalized spacial score (nSPS) is 17.3. The van der Waals surface area contributed by atoms with Gasteiger partial charge in [-0.15, -0.1) is 0 Å². The summed E-state index contributed by atoms with van der Waals surface area (Å²) in [5, 5.41) is 5.47. The van der Waals surface area contributed by atoms with E-state index in [4.69, 9.17) is 11.6 Å². The van der Waals surface area contributed by atoms with Gasteiger partial charge < -0.3 is 5.32 Å². The van der Waals surface area contributed by atoms with Gasteiger partial charge in [-0.05, 0) is 37.1 Å². The van der Waals surface area contributed by atoms with Crippen molar-refractivity contribution in [3.63, 3.8) is 0 Å². The zero-order chi connectivity index (χ0) is 13.1. The molecule has 0 aliphatic heterocycles. The number of nitrogens with one attached hydrogen (secondary N) is 1. The van der Waals surface area contributed by atoms with Gasteiger partial charge in [0.05, 0.1) is 16.2 Å². The highest BCUT2D eigenvalue weighted by Gasteiger charge is 2.14. The van der Waals surface area contributed by atoms with Crippen LogP contribution in [0.2, 0.25) is 5.02 Å². The molecule has 1 N–H and O–H groups in total. The third-order valence-corrected chi connectivity index (χ3v) is 4.26. The summed E-state index contributed by atoms with van der Waals surface area (Å²) >= 11 is 6.23. The van der Waals surface area contributed by atoms with Gasteiger partial charge in [0.25, 0.3) is 0 Å². The summed E-state index contributed by atoms with van der Waals surface area (Å²) in [6.45, 7) is 0. The van der Waals surface area contributed by atoms with E-state index in [1.54, 1.807) is 0 Å². The van der Waals surface area contributed by atoms with Crippen molar-refractivity contribution in [3.05, 3.63) is 35.5 Å². The van der Waals surface area contributed by atoms with Crippen LogP contribution in [0.25, 0.3) is 10.9 Å². The maximum atomic E-state index is 6.23. The van der Waals surface area contributed by atoms with E-state index >= 15 is 0 Å². The van der Waals surface area contributed by atoms with E-state index in [9.17, 15) is 0 Å². The molecule has 19 heavy (non-hydrogen) atoms. The van der Waals surface area contributed by atoms with Crippen LogP contribution >= 0.6 is 11.6 Å². The summed E-state index contributed by atoms with van der Waals surface area (Å²) in [5.74, 6) is 0. The van der Waals surface area contributed by atoms with Crippen LogP contribution in [0, 0.1) is 0 Å². The standard InChI is InChI=1S/C16H19ClN2/c17-14-9-10-15(16-13(14)8-5-11-18-16)19-12-6-3-1-2-4-7-12/h5,8-12,19H,1-4,6-7H2. The number of halogens is 1. The topological polar surface area (TPSA) is 24.9 Å². The number of pyridine rings is 1. The van der Waals surface area contributed by atoms with Gasteiger partial charge in [0, 0.05) is 17.6 Å². The van der Waals surface area contributed by atoms with E-state index in [0.29, 0.717) is 6.04 Å². The average Bonchev–Trinajstić information content (AvgIpc) is 2.71. The average molecular weight is 275 g/mol. The Kier molecular flexibility index (Phi) is 3.88. The number of benzene rings is 1. The molecule has 0 radical (unpaired) electrons. The third-order valence-electron chi connectivity index (χ3n) is 3.93. The minimum atomic E-state index is 0.578. The third kappa shape index (κ3) is 2.84. The molecule has 2 aromatic rings. The molecule has 1 aromatic carbocycles. The molecule has 3 heteroatoms. The maximum absolute atomic E-state index is 6.23. The fourth-order valence-corrected chi connectivity index (χ4v) is 3.11. The van der Waals surface area contributed by atoms with Gasteiger partial charge in [-0.25, -0.2) is 0 Å². The molecule has 0 bridgehead atoms. The van der Waals surface area contributed by atoms with Gasteiger partial charge in [-0.3, -0.25) is 4.98 Å². The summed E-state index contributed by atoms with van der Waals surface area (Å²) < 4.78 is 0. The van der Waals surface area contributed by atoms with Crippen molar-refractivity contribution < 1.29 is 0 Å². The van der Waals surface area contributed by atoms with Crippen LogP contribution in [0.3, 0.4) is 0 Å². The van der Waals surface area contributed by atoms with Gasteiger partial charge in [0.2, 0.25) is 0 Å². The fraction of sp³-hybridized carbons (Fsp3) is 0.438. The molecule has 2 nitrogen and oxygen atoms in total. The number of hydrogen-bond acceptors (Lipinski definition) is 2. The molecule has 100 valence electrons. The lowest BCUT2D eigenvalue weighted by Gasteiger charge is -2.19. The minimum Gasteiger partial charge on any atom is -0.381 e. The Balaban J connectivity index is 1.90. The Bertz CT molecular complexity index is 560. The summed E-state index contributed by atoms with van der Waals surface area (Å²) in [5.41, 5.74) is 2.10. The van der Waals surface area contributed by atoms with E-state index in [-0.39, 0.29) is 0 Å². The van der Waals surface area contributed by atoms with Gasteiger partial charge >= 0.3 is 0 Å². The number of aromatic nitrogens is 1. The molecule has 1 aliphatic rings. The highest BCUT2D eigenvalue weighted by atomic mass is 35.5. The van der Waals surface area contributed by atoms with Crippen molar-refractivity contribution in [3.8, 4) is 0 Å². The maximum Gasteiger partial charge on any atom is 0.0948 e. The number of rotatable bonds is 2. The van der Waals surface area contributed by atoms with Crippen LogP contribution in [0.4, 0.5) is 5.69 Å². The molecule has 3 rings (SSSR count). The Hall–Kier alpha value is -1.28. The molecule has 0 amide bonds. The van der Waals surface area contributed by atoms with Crippen LogP contribution in [0.5, 0.6) is 0 Å². The molecule has 0 unspecified atom stereocenters. The predicted molar refractivity (Wildman–Crippen MR) is 81.9 cm³/mol. The van der Waals surface area contributed by atoms with Gasteiger partial charge in [0.1, 0.15) is 0 Å². The first-order valence-corrected chi connectivity index (χ1v) is 7.52. The van der Waals surface area contributed by atoms with Gasteiger partial charge in [-0.2, -0.15) is 0 Å². The Morgan fingerprint density at radius 2 is 1.84 bits per heavy atom. The molecule has 1 aromatic heterocycles. The van der Waals surface area contributed by atoms with Crippen molar-refractivity contribution in [1.29, 1.82) is 0 Å². The van der Waals surface area contributed by atoms with Crippen molar-refractivity contribution in [1.82, 2.24) is 4.98 Å². The van der Waals surface area contributed by atoms with Crippen LogP contribution in [0.15, 0.2) is 30.5 Å². The lowest BCUT2D eigenvalue weighted by atomic mass is 10.1. The highest BCUT2D eigenvalue weighted by Crippen LogP contribution is 2.30. The second-order valence-corrected chi connectivity index (χ2v) is 5.73. The summed E-state index contributed by atoms with van der Waals surface area (Å²) in [4.78, 5) is 4.48. The first-order chi connectivity index (χ1) is 9.34. The second kappa shape index (κ2) is 5.79. The molecule has 0 saturated heterocycles. The molecule has 0 spiro atoms. The minimum absolute atomic E-state index is 0.578. The van der Waals surface area contributed by atoms with Crippen LogP contribution in [-0.4, -0.2) is 11.0 Å². The number of anilines is 1. The van der Waals surface area contributed by atoms with Crippen LogP contribution in [0.1, 0.15) is 38.5 Å². The molecular weight excluding hydrogens is 256 g/mol. The van der Waals surface area contributed by atoms with E-state index in [2.05, 4.69) is 16.4 Å². The van der Waals surface area contributed by atoms with Crippen molar-refractivity contribution in [2.45, 2.75) is 44.6 Å². The SMILES string of the molecule is Clc1ccc(NC2CCCCCC2)c2ncccc12. The second-order valence-electron chi connectivity index (χ2n) is 5.33. The summed E-state index contributed by atoms with van der Waals surface area (Å²) in [7, 11) is 0. The number of fused-ring (bicyclic) bond motifs is 1. The van der Waals surface area contributed by atoms with Crippen molar-refractivity contribution in [2.75, 3.05) is 5.32 Å². The smallest absolute Gasteiger partial charge is 0.0948 e. The fourth-order valence-electron chi connectivity index (χ4n) is 2.90. The van der Waals surface area contributed by atoms with Gasteiger partial charge in [0.15, 0.2) is 0 Å². The highest BCUT2D eigenvalue weighted by molar-refractivity contribution is 6.35. The van der Waals surface area contributed by atoms with Crippen molar-refractivity contribution >= 4 is 28.2 Å². The summed E-state index contributed by atoms with van der Waals surface area (Å²) in [6.07, 6.45) is 9.76.